The number of unbranched alkanes of at least 4 members (excludes halogenated alkanes) is 6. The fourth-order valence-corrected chi connectivity index (χ4v) is 2.55. The molecule has 122 valence electrons. The van der Waals surface area contributed by atoms with Crippen LogP contribution in [0.2, 0.25) is 0 Å². The van der Waals surface area contributed by atoms with Crippen molar-refractivity contribution in [3.63, 3.8) is 0 Å². The van der Waals surface area contributed by atoms with Crippen LogP contribution in [-0.4, -0.2) is 16.2 Å². The number of aryl methyl sites for hydroxylation is 1. The van der Waals surface area contributed by atoms with E-state index in [1.807, 2.05) is 18.2 Å². The molecule has 0 aromatic heterocycles. The summed E-state index contributed by atoms with van der Waals surface area (Å²) in [6.07, 6.45) is 9.56. The molecule has 0 aliphatic heterocycles. The third kappa shape index (κ3) is 5.92. The summed E-state index contributed by atoms with van der Waals surface area (Å²) in [6.45, 7) is 3.65. The summed E-state index contributed by atoms with van der Waals surface area (Å²) in [5, 5.41) is 19.1. The van der Waals surface area contributed by atoms with Crippen LogP contribution in [0.1, 0.15) is 69.9 Å². The third-order valence-electron chi connectivity index (χ3n) is 4.00. The van der Waals surface area contributed by atoms with E-state index in [0.717, 1.165) is 18.4 Å². The highest BCUT2D eigenvalue weighted by atomic mass is 16.4. The fraction of sp³-hybridized carbons (Fsp3) is 0.526. The van der Waals surface area contributed by atoms with Crippen molar-refractivity contribution in [1.82, 2.24) is 0 Å². The van der Waals surface area contributed by atoms with E-state index < -0.39 is 5.97 Å². The second-order valence-corrected chi connectivity index (χ2v) is 5.81. The second kappa shape index (κ2) is 10.0. The van der Waals surface area contributed by atoms with E-state index in [4.69, 9.17) is 5.11 Å². The van der Waals surface area contributed by atoms with Crippen LogP contribution in [-0.2, 0) is 11.2 Å². The van der Waals surface area contributed by atoms with Crippen LogP contribution >= 0.6 is 0 Å². The number of hydrogen-bond acceptors (Lipinski definition) is 2. The van der Waals surface area contributed by atoms with Gasteiger partial charge in [-0.1, -0.05) is 69.7 Å². The van der Waals surface area contributed by atoms with Crippen LogP contribution in [0.5, 0.6) is 0 Å². The van der Waals surface area contributed by atoms with Crippen molar-refractivity contribution in [3.8, 4) is 0 Å². The molecule has 0 unspecified atom stereocenters. The monoisotopic (exact) mass is 304 g/mol. The molecular formula is C19H28O3. The molecule has 1 aromatic rings. The van der Waals surface area contributed by atoms with Gasteiger partial charge < -0.3 is 10.2 Å². The molecule has 0 fully saturated rings. The average molecular weight is 304 g/mol. The Morgan fingerprint density at radius 1 is 0.955 bits per heavy atom. The van der Waals surface area contributed by atoms with Crippen molar-refractivity contribution in [3.05, 3.63) is 41.0 Å². The molecule has 0 aliphatic carbocycles. The molecule has 0 atom stereocenters. The first-order valence-corrected chi connectivity index (χ1v) is 8.29. The van der Waals surface area contributed by atoms with Gasteiger partial charge in [-0.2, -0.15) is 0 Å². The Morgan fingerprint density at radius 3 is 2.18 bits per heavy atom. The van der Waals surface area contributed by atoms with E-state index in [9.17, 15) is 9.90 Å². The molecular weight excluding hydrogens is 276 g/mol. The van der Waals surface area contributed by atoms with Crippen LogP contribution in [0.15, 0.2) is 29.8 Å². The maximum atomic E-state index is 11.0. The van der Waals surface area contributed by atoms with Crippen LogP contribution in [0.4, 0.5) is 0 Å². The number of carbonyl (C=O) groups is 1. The number of hydrogen-bond donors (Lipinski definition) is 2. The number of carboxylic acid groups (broad SMARTS) is 1. The van der Waals surface area contributed by atoms with Gasteiger partial charge in [0.15, 0.2) is 0 Å². The quantitative estimate of drug-likeness (QED) is 0.348. The molecule has 0 saturated heterocycles. The summed E-state index contributed by atoms with van der Waals surface area (Å²) >= 11 is 0. The number of aliphatic hydroxyl groups excluding tert-OH is 1. The Bertz CT molecular complexity index is 503. The first-order chi connectivity index (χ1) is 10.6. The van der Waals surface area contributed by atoms with Gasteiger partial charge in [0.1, 0.15) is 5.76 Å². The van der Waals surface area contributed by atoms with Crippen molar-refractivity contribution in [2.45, 2.75) is 65.2 Å². The highest BCUT2D eigenvalue weighted by molar-refractivity contribution is 5.94. The lowest BCUT2D eigenvalue weighted by atomic mass is 9.97. The minimum atomic E-state index is -1.08. The van der Waals surface area contributed by atoms with Crippen molar-refractivity contribution >= 4 is 11.7 Å². The molecule has 1 aromatic carbocycles. The Morgan fingerprint density at radius 2 is 1.55 bits per heavy atom. The second-order valence-electron chi connectivity index (χ2n) is 5.81. The zero-order valence-electron chi connectivity index (χ0n) is 13.8. The Labute approximate surface area is 133 Å². The summed E-state index contributed by atoms with van der Waals surface area (Å²) in [6, 6.07) is 7.52. The van der Waals surface area contributed by atoms with Gasteiger partial charge in [-0.15, -0.1) is 0 Å². The molecule has 0 amide bonds. The van der Waals surface area contributed by atoms with Gasteiger partial charge in [0.05, 0.1) is 5.57 Å². The van der Waals surface area contributed by atoms with Crippen LogP contribution in [0.3, 0.4) is 0 Å². The topological polar surface area (TPSA) is 57.5 Å². The predicted molar refractivity (Wildman–Crippen MR) is 91.0 cm³/mol. The van der Waals surface area contributed by atoms with Gasteiger partial charge in [0, 0.05) is 5.56 Å². The summed E-state index contributed by atoms with van der Waals surface area (Å²) in [7, 11) is 0. The van der Waals surface area contributed by atoms with Gasteiger partial charge in [0.2, 0.25) is 0 Å². The minimum absolute atomic E-state index is 0.00739. The molecule has 2 N–H and O–H groups in total. The first-order valence-electron chi connectivity index (χ1n) is 8.29. The molecule has 0 spiro atoms. The maximum Gasteiger partial charge on any atom is 0.335 e. The summed E-state index contributed by atoms with van der Waals surface area (Å²) < 4.78 is 0. The highest BCUT2D eigenvalue weighted by Gasteiger charge is 2.13. The molecule has 0 radical (unpaired) electrons. The number of benzene rings is 1. The standard InChI is InChI=1S/C19H28O3/c1-3-4-5-6-7-8-9-12-16-13-10-11-14-17(16)18(20)15(2)19(21)22/h10-11,13-14,20H,3-9,12H2,1-2H3,(H,21,22). The fourth-order valence-electron chi connectivity index (χ4n) is 2.55. The average Bonchev–Trinajstić information content (AvgIpc) is 2.53. The summed E-state index contributed by atoms with van der Waals surface area (Å²) in [5.41, 5.74) is 1.66. The number of carboxylic acids is 1. The van der Waals surface area contributed by atoms with Crippen LogP contribution < -0.4 is 0 Å². The minimum Gasteiger partial charge on any atom is -0.507 e. The van der Waals surface area contributed by atoms with E-state index in [2.05, 4.69) is 6.92 Å². The lowest BCUT2D eigenvalue weighted by Crippen LogP contribution is -2.02. The van der Waals surface area contributed by atoms with Gasteiger partial charge in [-0.05, 0) is 25.3 Å². The Hall–Kier alpha value is -1.77. The predicted octanol–water partition coefficient (Wildman–Crippen LogP) is 5.35. The van der Waals surface area contributed by atoms with Gasteiger partial charge in [-0.25, -0.2) is 4.79 Å². The number of aliphatic carboxylic acids is 1. The highest BCUT2D eigenvalue weighted by Crippen LogP contribution is 2.22. The molecule has 22 heavy (non-hydrogen) atoms. The molecule has 0 aliphatic rings. The van der Waals surface area contributed by atoms with Crippen molar-refractivity contribution in [2.24, 2.45) is 0 Å². The van der Waals surface area contributed by atoms with Crippen molar-refractivity contribution in [2.75, 3.05) is 0 Å². The zero-order valence-corrected chi connectivity index (χ0v) is 13.8. The molecule has 0 bridgehead atoms. The van der Waals surface area contributed by atoms with Crippen LogP contribution in [0.25, 0.3) is 5.76 Å². The third-order valence-corrected chi connectivity index (χ3v) is 4.00. The van der Waals surface area contributed by atoms with Crippen LogP contribution in [0, 0.1) is 0 Å². The SMILES string of the molecule is CCCCCCCCCc1ccccc1C(O)=C(C)C(=O)O. The molecule has 0 saturated carbocycles. The normalized spacial score (nSPS) is 12.1. The van der Waals surface area contributed by atoms with Crippen molar-refractivity contribution in [1.29, 1.82) is 0 Å². The molecule has 1 rings (SSSR count). The summed E-state index contributed by atoms with van der Waals surface area (Å²) in [4.78, 5) is 11.0. The van der Waals surface area contributed by atoms with Gasteiger partial charge in [-0.3, -0.25) is 0 Å². The maximum absolute atomic E-state index is 11.0. The Balaban J connectivity index is 2.58. The van der Waals surface area contributed by atoms with E-state index in [1.165, 1.54) is 45.4 Å². The molecule has 3 nitrogen and oxygen atoms in total. The number of aliphatic hydroxyl groups is 1. The lowest BCUT2D eigenvalue weighted by molar-refractivity contribution is -0.132. The smallest absolute Gasteiger partial charge is 0.335 e. The first kappa shape index (κ1) is 18.3. The lowest BCUT2D eigenvalue weighted by Gasteiger charge is -2.10. The number of rotatable bonds is 10. The van der Waals surface area contributed by atoms with E-state index in [0.29, 0.717) is 5.56 Å². The van der Waals surface area contributed by atoms with Gasteiger partial charge >= 0.3 is 5.97 Å². The molecule has 0 heterocycles. The Kier molecular flexibility index (Phi) is 8.34. The van der Waals surface area contributed by atoms with Gasteiger partial charge in [0.25, 0.3) is 0 Å². The van der Waals surface area contributed by atoms with E-state index >= 15 is 0 Å². The van der Waals surface area contributed by atoms with E-state index in [1.54, 1.807) is 6.07 Å². The van der Waals surface area contributed by atoms with E-state index in [-0.39, 0.29) is 11.3 Å². The zero-order chi connectivity index (χ0) is 16.4. The summed E-state index contributed by atoms with van der Waals surface area (Å²) in [5.74, 6) is -1.20. The largest absolute Gasteiger partial charge is 0.507 e. The molecule has 3 heteroatoms. The van der Waals surface area contributed by atoms with Crippen molar-refractivity contribution < 1.29 is 15.0 Å².